The number of hydrogen-bond donors (Lipinski definition) is 1. The van der Waals surface area contributed by atoms with E-state index in [1.54, 1.807) is 0 Å². The van der Waals surface area contributed by atoms with Gasteiger partial charge in [0, 0.05) is 35.6 Å². The first-order chi connectivity index (χ1) is 8.61. The van der Waals surface area contributed by atoms with Gasteiger partial charge < -0.3 is 10.2 Å². The molecule has 0 spiro atoms. The third-order valence-corrected chi connectivity index (χ3v) is 3.56. The molecule has 0 aromatic heterocycles. The van der Waals surface area contributed by atoms with Gasteiger partial charge in [-0.1, -0.05) is 15.9 Å². The Kier molecular flexibility index (Phi) is 3.92. The molecule has 0 radical (unpaired) electrons. The van der Waals surface area contributed by atoms with Gasteiger partial charge in [0.15, 0.2) is 0 Å². The first-order valence-corrected chi connectivity index (χ1v) is 6.69. The zero-order valence-electron chi connectivity index (χ0n) is 10.9. The molecule has 0 aliphatic rings. The number of nitrogens with one attached hydrogen (secondary N) is 1. The van der Waals surface area contributed by atoms with Crippen molar-refractivity contribution in [3.05, 3.63) is 52.5 Å². The number of rotatable bonds is 3. The largest absolute Gasteiger partial charge is 0.388 e. The molecule has 0 bridgehead atoms. The quantitative estimate of drug-likeness (QED) is 0.894. The van der Waals surface area contributed by atoms with Gasteiger partial charge in [-0.15, -0.1) is 0 Å². The van der Waals surface area contributed by atoms with Crippen molar-refractivity contribution in [3.8, 4) is 0 Å². The van der Waals surface area contributed by atoms with Crippen LogP contribution in [0, 0.1) is 6.92 Å². The third-order valence-electron chi connectivity index (χ3n) is 3.06. The average Bonchev–Trinajstić information content (AvgIpc) is 2.38. The zero-order valence-corrected chi connectivity index (χ0v) is 12.5. The SMILES string of the molecule is CNc1ccc(N(C)c2ccc(Br)cc2C)cc1. The second kappa shape index (κ2) is 5.44. The predicted octanol–water partition coefficient (Wildman–Crippen LogP) is 4.57. The van der Waals surface area contributed by atoms with Crippen molar-refractivity contribution in [1.82, 2.24) is 0 Å². The van der Waals surface area contributed by atoms with E-state index in [0.29, 0.717) is 0 Å². The number of anilines is 3. The molecule has 2 nitrogen and oxygen atoms in total. The fourth-order valence-corrected chi connectivity index (χ4v) is 2.46. The number of hydrogen-bond acceptors (Lipinski definition) is 2. The molecular weight excluding hydrogens is 288 g/mol. The third kappa shape index (κ3) is 2.67. The van der Waals surface area contributed by atoms with Gasteiger partial charge in [0.25, 0.3) is 0 Å². The van der Waals surface area contributed by atoms with Gasteiger partial charge in [-0.05, 0) is 55.0 Å². The Hall–Kier alpha value is -1.48. The van der Waals surface area contributed by atoms with Gasteiger partial charge in [-0.3, -0.25) is 0 Å². The van der Waals surface area contributed by atoms with Crippen LogP contribution in [0.3, 0.4) is 0 Å². The fraction of sp³-hybridized carbons (Fsp3) is 0.200. The maximum absolute atomic E-state index is 3.49. The highest BCUT2D eigenvalue weighted by Crippen LogP contribution is 2.29. The van der Waals surface area contributed by atoms with Crippen LogP contribution in [0.4, 0.5) is 17.1 Å². The lowest BCUT2D eigenvalue weighted by atomic mass is 10.1. The smallest absolute Gasteiger partial charge is 0.0438 e. The summed E-state index contributed by atoms with van der Waals surface area (Å²) >= 11 is 3.49. The maximum atomic E-state index is 3.49. The summed E-state index contributed by atoms with van der Waals surface area (Å²) in [4.78, 5) is 2.20. The first-order valence-electron chi connectivity index (χ1n) is 5.89. The van der Waals surface area contributed by atoms with E-state index >= 15 is 0 Å². The zero-order chi connectivity index (χ0) is 13.1. The summed E-state index contributed by atoms with van der Waals surface area (Å²) in [5.74, 6) is 0. The van der Waals surface area contributed by atoms with Crippen LogP contribution in [0.25, 0.3) is 0 Å². The fourth-order valence-electron chi connectivity index (χ4n) is 1.99. The Balaban J connectivity index is 2.31. The molecule has 2 aromatic rings. The van der Waals surface area contributed by atoms with Crippen molar-refractivity contribution in [2.24, 2.45) is 0 Å². The molecule has 18 heavy (non-hydrogen) atoms. The van der Waals surface area contributed by atoms with Crippen LogP contribution in [-0.4, -0.2) is 14.1 Å². The molecule has 0 amide bonds. The van der Waals surface area contributed by atoms with Gasteiger partial charge in [-0.2, -0.15) is 0 Å². The Bertz CT molecular complexity index is 535. The van der Waals surface area contributed by atoms with Gasteiger partial charge in [-0.25, -0.2) is 0 Å². The van der Waals surface area contributed by atoms with Crippen LogP contribution in [0.15, 0.2) is 46.9 Å². The number of benzene rings is 2. The van der Waals surface area contributed by atoms with Crippen molar-refractivity contribution in [1.29, 1.82) is 0 Å². The molecule has 1 N–H and O–H groups in total. The lowest BCUT2D eigenvalue weighted by Gasteiger charge is -2.22. The minimum Gasteiger partial charge on any atom is -0.388 e. The summed E-state index contributed by atoms with van der Waals surface area (Å²) in [5.41, 5.74) is 4.78. The molecule has 0 aliphatic carbocycles. The summed E-state index contributed by atoms with van der Waals surface area (Å²) < 4.78 is 1.11. The maximum Gasteiger partial charge on any atom is 0.0438 e. The van der Waals surface area contributed by atoms with Crippen LogP contribution in [-0.2, 0) is 0 Å². The topological polar surface area (TPSA) is 15.3 Å². The molecule has 0 fully saturated rings. The molecule has 3 heteroatoms. The van der Waals surface area contributed by atoms with E-state index in [0.717, 1.165) is 10.2 Å². The highest BCUT2D eigenvalue weighted by atomic mass is 79.9. The minimum atomic E-state index is 1.11. The summed E-state index contributed by atoms with van der Waals surface area (Å²) in [6.07, 6.45) is 0. The average molecular weight is 305 g/mol. The minimum absolute atomic E-state index is 1.11. The van der Waals surface area contributed by atoms with E-state index in [1.165, 1.54) is 16.9 Å². The Morgan fingerprint density at radius 2 is 1.72 bits per heavy atom. The second-order valence-electron chi connectivity index (χ2n) is 4.29. The standard InChI is InChI=1S/C15H17BrN2/c1-11-10-12(16)4-9-15(11)18(3)14-7-5-13(17-2)6-8-14/h4-10,17H,1-3H3. The van der Waals surface area contributed by atoms with Gasteiger partial charge >= 0.3 is 0 Å². The molecule has 2 rings (SSSR count). The van der Waals surface area contributed by atoms with Crippen molar-refractivity contribution < 1.29 is 0 Å². The highest BCUT2D eigenvalue weighted by Gasteiger charge is 2.07. The molecule has 94 valence electrons. The van der Waals surface area contributed by atoms with Gasteiger partial charge in [0.05, 0.1) is 0 Å². The Labute approximate surface area is 117 Å². The van der Waals surface area contributed by atoms with E-state index in [4.69, 9.17) is 0 Å². The highest BCUT2D eigenvalue weighted by molar-refractivity contribution is 9.10. The molecule has 0 heterocycles. The summed E-state index contributed by atoms with van der Waals surface area (Å²) in [5, 5.41) is 3.13. The van der Waals surface area contributed by atoms with Crippen molar-refractivity contribution in [2.75, 3.05) is 24.3 Å². The van der Waals surface area contributed by atoms with Gasteiger partial charge in [0.2, 0.25) is 0 Å². The summed E-state index contributed by atoms with van der Waals surface area (Å²) in [7, 11) is 4.02. The number of nitrogens with zero attached hydrogens (tertiary/aromatic N) is 1. The van der Waals surface area contributed by atoms with Crippen molar-refractivity contribution in [2.45, 2.75) is 6.92 Å². The van der Waals surface area contributed by atoms with Crippen molar-refractivity contribution in [3.63, 3.8) is 0 Å². The number of halogens is 1. The van der Waals surface area contributed by atoms with Gasteiger partial charge in [0.1, 0.15) is 0 Å². The summed E-state index contributed by atoms with van der Waals surface area (Å²) in [6, 6.07) is 14.7. The molecule has 0 saturated heterocycles. The molecule has 0 saturated carbocycles. The van der Waals surface area contributed by atoms with Crippen LogP contribution in [0.5, 0.6) is 0 Å². The van der Waals surface area contributed by atoms with Crippen molar-refractivity contribution >= 4 is 33.0 Å². The predicted molar refractivity (Wildman–Crippen MR) is 82.9 cm³/mol. The van der Waals surface area contributed by atoms with E-state index in [-0.39, 0.29) is 0 Å². The van der Waals surface area contributed by atoms with Crippen LogP contribution in [0.1, 0.15) is 5.56 Å². The molecular formula is C15H17BrN2. The lowest BCUT2D eigenvalue weighted by Crippen LogP contribution is -2.10. The second-order valence-corrected chi connectivity index (χ2v) is 5.20. The van der Waals surface area contributed by atoms with E-state index < -0.39 is 0 Å². The lowest BCUT2D eigenvalue weighted by molar-refractivity contribution is 1.18. The van der Waals surface area contributed by atoms with Crippen LogP contribution < -0.4 is 10.2 Å². The Morgan fingerprint density at radius 3 is 2.28 bits per heavy atom. The normalized spacial score (nSPS) is 10.2. The first kappa shape index (κ1) is 13.0. The molecule has 0 unspecified atom stereocenters. The van der Waals surface area contributed by atoms with E-state index in [9.17, 15) is 0 Å². The molecule has 0 atom stereocenters. The number of aryl methyl sites for hydroxylation is 1. The summed E-state index contributed by atoms with van der Waals surface area (Å²) in [6.45, 7) is 2.12. The molecule has 2 aromatic carbocycles. The van der Waals surface area contributed by atoms with Crippen LogP contribution >= 0.6 is 15.9 Å². The van der Waals surface area contributed by atoms with E-state index in [2.05, 4.69) is 82.6 Å². The monoisotopic (exact) mass is 304 g/mol. The van der Waals surface area contributed by atoms with E-state index in [1.807, 2.05) is 7.05 Å². The Morgan fingerprint density at radius 1 is 1.06 bits per heavy atom. The molecule has 0 aliphatic heterocycles. The van der Waals surface area contributed by atoms with Crippen LogP contribution in [0.2, 0.25) is 0 Å².